The van der Waals surface area contributed by atoms with Gasteiger partial charge in [-0.3, -0.25) is 0 Å². The summed E-state index contributed by atoms with van der Waals surface area (Å²) in [5.74, 6) is 5.70. The van der Waals surface area contributed by atoms with Crippen molar-refractivity contribution >= 4 is 8.32 Å². The van der Waals surface area contributed by atoms with Crippen molar-refractivity contribution in [2.45, 2.75) is 137 Å². The average molecular weight is 501 g/mol. The minimum absolute atomic E-state index is 0.143. The van der Waals surface area contributed by atoms with Crippen molar-refractivity contribution in [3.05, 3.63) is 12.2 Å². The van der Waals surface area contributed by atoms with Crippen molar-refractivity contribution in [2.24, 2.45) is 52.3 Å². The fourth-order valence-electron chi connectivity index (χ4n) is 10.4. The highest BCUT2D eigenvalue weighted by Gasteiger charge is 2.76. The highest BCUT2D eigenvalue weighted by Crippen LogP contribution is 2.74. The van der Waals surface area contributed by atoms with Crippen molar-refractivity contribution in [1.82, 2.24) is 0 Å². The van der Waals surface area contributed by atoms with Gasteiger partial charge in [-0.25, -0.2) is 0 Å². The van der Waals surface area contributed by atoms with Crippen molar-refractivity contribution in [2.75, 3.05) is 0 Å². The largest absolute Gasteiger partial charge is 0.415 e. The second-order valence-electron chi connectivity index (χ2n) is 15.4. The zero-order valence-electron chi connectivity index (χ0n) is 24.5. The summed E-state index contributed by atoms with van der Waals surface area (Å²) in [4.78, 5) is 0. The smallest absolute Gasteiger partial charge is 0.184 e. The lowest BCUT2D eigenvalue weighted by atomic mass is 9.44. The van der Waals surface area contributed by atoms with Crippen LogP contribution < -0.4 is 0 Å². The van der Waals surface area contributed by atoms with Crippen LogP contribution in [0.4, 0.5) is 0 Å². The lowest BCUT2D eigenvalue weighted by Crippen LogP contribution is -2.59. The molecule has 5 aliphatic rings. The molecule has 4 aliphatic carbocycles. The van der Waals surface area contributed by atoms with Crippen LogP contribution in [-0.4, -0.2) is 26.1 Å². The lowest BCUT2D eigenvalue weighted by molar-refractivity contribution is -0.113. The summed E-state index contributed by atoms with van der Waals surface area (Å²) in [6.45, 7) is 22.0. The molecule has 5 rings (SSSR count). The predicted molar refractivity (Wildman–Crippen MR) is 150 cm³/mol. The van der Waals surface area contributed by atoms with E-state index in [2.05, 4.69) is 73.3 Å². The maximum Gasteiger partial charge on any atom is 0.184 e. The lowest BCUT2D eigenvalue weighted by Gasteiger charge is -2.60. The molecule has 0 aromatic rings. The molecule has 4 saturated carbocycles. The first kappa shape index (κ1) is 26.5. The Bertz CT molecular complexity index is 815. The molecule has 0 bridgehead atoms. The second-order valence-corrected chi connectivity index (χ2v) is 19.9. The van der Waals surface area contributed by atoms with Gasteiger partial charge in [-0.2, -0.15) is 0 Å². The number of hydrogen-bond donors (Lipinski definition) is 0. The molecule has 0 aromatic heterocycles. The highest BCUT2D eigenvalue weighted by atomic mass is 28.4. The molecule has 1 heterocycles. The van der Waals surface area contributed by atoms with E-state index in [0.29, 0.717) is 29.0 Å². The molecule has 3 unspecified atom stereocenters. The van der Waals surface area contributed by atoms with Crippen molar-refractivity contribution in [3.63, 3.8) is 0 Å². The molecule has 3 heteroatoms. The van der Waals surface area contributed by atoms with Crippen LogP contribution in [0.2, 0.25) is 19.6 Å². The number of ether oxygens (including phenoxy) is 1. The standard InChI is InChI=1S/C32H56O2Si/c1-10-23(21(2)3)12-11-22(4)26-13-14-27-25-19-29-32(33-29)20-24(34-35(7,8)9)15-18-31(32,6)28(25)16-17-30(26,27)5/h11-12,21-29H,10,13-20H2,1-9H3/b12-11+/t22-,23-,24+,25?,26-,27?,28?,29-,30-,31-,32-/m1/s1. The Morgan fingerprint density at radius 2 is 1.71 bits per heavy atom. The van der Waals surface area contributed by atoms with E-state index in [1.807, 2.05) is 0 Å². The average Bonchev–Trinajstić information content (AvgIpc) is 3.34. The van der Waals surface area contributed by atoms with E-state index >= 15 is 0 Å². The molecule has 0 amide bonds. The zero-order valence-corrected chi connectivity index (χ0v) is 25.5. The molecule has 1 saturated heterocycles. The van der Waals surface area contributed by atoms with E-state index in [-0.39, 0.29) is 5.60 Å². The summed E-state index contributed by atoms with van der Waals surface area (Å²) in [5.41, 5.74) is 1.04. The number of epoxide rings is 1. The van der Waals surface area contributed by atoms with Gasteiger partial charge >= 0.3 is 0 Å². The molecule has 35 heavy (non-hydrogen) atoms. The van der Waals surface area contributed by atoms with Gasteiger partial charge < -0.3 is 9.16 Å². The topological polar surface area (TPSA) is 21.8 Å². The third-order valence-electron chi connectivity index (χ3n) is 12.3. The van der Waals surface area contributed by atoms with E-state index < -0.39 is 8.32 Å². The van der Waals surface area contributed by atoms with Crippen LogP contribution in [0, 0.1) is 52.3 Å². The van der Waals surface area contributed by atoms with Gasteiger partial charge in [0.1, 0.15) is 5.60 Å². The molecular formula is C32H56O2Si. The fourth-order valence-corrected chi connectivity index (χ4v) is 11.6. The Kier molecular flexibility index (Phi) is 6.79. The first-order chi connectivity index (χ1) is 16.3. The molecule has 0 aromatic carbocycles. The van der Waals surface area contributed by atoms with Crippen molar-refractivity contribution in [3.8, 4) is 0 Å². The van der Waals surface area contributed by atoms with E-state index in [9.17, 15) is 0 Å². The van der Waals surface area contributed by atoms with Gasteiger partial charge in [0.05, 0.1) is 6.10 Å². The minimum Gasteiger partial charge on any atom is -0.415 e. The van der Waals surface area contributed by atoms with E-state index in [1.54, 1.807) is 0 Å². The SMILES string of the molecule is CC[C@H](/C=C/[C@@H](C)[C@H]1CCC2C3C[C@H]4O[C@]45C[C@@H](O[Si](C)(C)C)CC[C@]5(C)C3CC[C@@]21C)C(C)C. The van der Waals surface area contributed by atoms with Crippen LogP contribution in [0.3, 0.4) is 0 Å². The van der Waals surface area contributed by atoms with Crippen LogP contribution in [0.15, 0.2) is 12.2 Å². The maximum atomic E-state index is 6.79. The maximum absolute atomic E-state index is 6.79. The Morgan fingerprint density at radius 3 is 2.37 bits per heavy atom. The van der Waals surface area contributed by atoms with Gasteiger partial charge in [-0.1, -0.05) is 53.7 Å². The van der Waals surface area contributed by atoms with Crippen molar-refractivity contribution in [1.29, 1.82) is 0 Å². The Morgan fingerprint density at radius 1 is 0.971 bits per heavy atom. The molecule has 0 radical (unpaired) electrons. The number of allylic oxidation sites excluding steroid dienone is 2. The zero-order chi connectivity index (χ0) is 25.4. The Balaban J connectivity index is 1.31. The summed E-state index contributed by atoms with van der Waals surface area (Å²) in [6.07, 6.45) is 18.3. The quantitative estimate of drug-likeness (QED) is 0.198. The molecule has 200 valence electrons. The number of hydrogen-bond acceptors (Lipinski definition) is 2. The summed E-state index contributed by atoms with van der Waals surface area (Å²) in [5, 5.41) is 0. The normalized spacial score (nSPS) is 48.7. The van der Waals surface area contributed by atoms with Gasteiger partial charge in [-0.15, -0.1) is 0 Å². The molecule has 0 N–H and O–H groups in total. The van der Waals surface area contributed by atoms with E-state index in [4.69, 9.17) is 9.16 Å². The summed E-state index contributed by atoms with van der Waals surface area (Å²) in [7, 11) is -1.50. The first-order valence-corrected chi connectivity index (χ1v) is 18.8. The fraction of sp³-hybridized carbons (Fsp3) is 0.938. The van der Waals surface area contributed by atoms with Gasteiger partial charge in [-0.05, 0) is 118 Å². The second kappa shape index (κ2) is 8.97. The van der Waals surface area contributed by atoms with Gasteiger partial charge in [0.25, 0.3) is 0 Å². The van der Waals surface area contributed by atoms with Crippen LogP contribution in [0.25, 0.3) is 0 Å². The molecular weight excluding hydrogens is 444 g/mol. The third kappa shape index (κ3) is 4.26. The summed E-state index contributed by atoms with van der Waals surface area (Å²) in [6, 6.07) is 0. The summed E-state index contributed by atoms with van der Waals surface area (Å²) < 4.78 is 13.4. The van der Waals surface area contributed by atoms with Gasteiger partial charge in [0.2, 0.25) is 0 Å². The van der Waals surface area contributed by atoms with Crippen molar-refractivity contribution < 1.29 is 9.16 Å². The van der Waals surface area contributed by atoms with E-state index in [0.717, 1.165) is 35.5 Å². The molecule has 2 nitrogen and oxygen atoms in total. The van der Waals surface area contributed by atoms with Crippen LogP contribution in [-0.2, 0) is 9.16 Å². The van der Waals surface area contributed by atoms with Crippen LogP contribution in [0.1, 0.15) is 99.3 Å². The molecule has 11 atom stereocenters. The van der Waals surface area contributed by atoms with E-state index in [1.165, 1.54) is 57.8 Å². The van der Waals surface area contributed by atoms with Gasteiger partial charge in [0, 0.05) is 17.9 Å². The first-order valence-electron chi connectivity index (χ1n) is 15.4. The Hall–Kier alpha value is -0.123. The highest BCUT2D eigenvalue weighted by molar-refractivity contribution is 6.69. The third-order valence-corrected chi connectivity index (χ3v) is 13.3. The van der Waals surface area contributed by atoms with Gasteiger partial charge in [0.15, 0.2) is 8.32 Å². The summed E-state index contributed by atoms with van der Waals surface area (Å²) >= 11 is 0. The monoisotopic (exact) mass is 500 g/mol. The molecule has 1 aliphatic heterocycles. The molecule has 1 spiro atoms. The minimum atomic E-state index is -1.50. The van der Waals surface area contributed by atoms with Crippen LogP contribution >= 0.6 is 0 Å². The Labute approximate surface area is 218 Å². The number of rotatable bonds is 7. The predicted octanol–water partition coefficient (Wildman–Crippen LogP) is 8.87. The number of fused-ring (bicyclic) bond motifs is 4. The molecule has 5 fully saturated rings. The van der Waals surface area contributed by atoms with Crippen LogP contribution in [0.5, 0.6) is 0 Å².